The van der Waals surface area contributed by atoms with Crippen molar-refractivity contribution in [1.82, 2.24) is 5.32 Å². The van der Waals surface area contributed by atoms with Gasteiger partial charge in [0.15, 0.2) is 0 Å². The number of carbonyl (C=O) groups excluding carboxylic acids is 1. The van der Waals surface area contributed by atoms with Crippen LogP contribution in [0.3, 0.4) is 0 Å². The van der Waals surface area contributed by atoms with Gasteiger partial charge in [-0.3, -0.25) is 4.79 Å². The summed E-state index contributed by atoms with van der Waals surface area (Å²) in [6, 6.07) is 13.6. The molecule has 2 N–H and O–H groups in total. The van der Waals surface area contributed by atoms with Gasteiger partial charge in [0.2, 0.25) is 0 Å². The molecule has 0 aliphatic carbocycles. The molecule has 0 saturated heterocycles. The molecule has 1 atom stereocenters. The topological polar surface area (TPSA) is 58.6 Å². The van der Waals surface area contributed by atoms with Crippen molar-refractivity contribution >= 4 is 5.91 Å². The molecule has 0 aliphatic heterocycles. The zero-order valence-corrected chi connectivity index (χ0v) is 11.5. The largest absolute Gasteiger partial charge is 0.508 e. The van der Waals surface area contributed by atoms with E-state index in [1.807, 2.05) is 6.92 Å². The normalized spacial score (nSPS) is 11.7. The summed E-state index contributed by atoms with van der Waals surface area (Å²) in [6.45, 7) is 1.90. The van der Waals surface area contributed by atoms with Gasteiger partial charge in [0.1, 0.15) is 11.5 Å². The van der Waals surface area contributed by atoms with Gasteiger partial charge in [-0.05, 0) is 48.9 Å². The van der Waals surface area contributed by atoms with Crippen LogP contribution in [-0.4, -0.2) is 18.1 Å². The van der Waals surface area contributed by atoms with Crippen LogP contribution in [0.4, 0.5) is 0 Å². The molecule has 0 radical (unpaired) electrons. The van der Waals surface area contributed by atoms with Crippen molar-refractivity contribution in [2.45, 2.75) is 13.0 Å². The van der Waals surface area contributed by atoms with Crippen molar-refractivity contribution in [2.24, 2.45) is 0 Å². The van der Waals surface area contributed by atoms with Gasteiger partial charge in [0.05, 0.1) is 13.2 Å². The van der Waals surface area contributed by atoms with Gasteiger partial charge in [-0.25, -0.2) is 0 Å². The second kappa shape index (κ2) is 6.10. The summed E-state index contributed by atoms with van der Waals surface area (Å²) in [6.07, 6.45) is 0. The Morgan fingerprint density at radius 3 is 2.25 bits per heavy atom. The Balaban J connectivity index is 2.04. The van der Waals surface area contributed by atoms with Crippen LogP contribution in [0, 0.1) is 0 Å². The Morgan fingerprint density at radius 2 is 1.70 bits per heavy atom. The fourth-order valence-corrected chi connectivity index (χ4v) is 1.87. The number of ether oxygens (including phenoxy) is 1. The number of carbonyl (C=O) groups is 1. The zero-order valence-electron chi connectivity index (χ0n) is 11.5. The van der Waals surface area contributed by atoms with Gasteiger partial charge in [0, 0.05) is 5.56 Å². The number of hydrogen-bond donors (Lipinski definition) is 2. The Hall–Kier alpha value is -2.49. The number of aromatic hydroxyl groups is 1. The summed E-state index contributed by atoms with van der Waals surface area (Å²) in [5, 5.41) is 12.2. The van der Waals surface area contributed by atoms with Crippen LogP contribution in [0.1, 0.15) is 28.9 Å². The Bertz CT molecular complexity index is 576. The van der Waals surface area contributed by atoms with Crippen molar-refractivity contribution in [2.75, 3.05) is 7.11 Å². The van der Waals surface area contributed by atoms with Crippen LogP contribution < -0.4 is 10.1 Å². The summed E-state index contributed by atoms with van der Waals surface area (Å²) in [4.78, 5) is 12.1. The molecular formula is C16H17NO3. The number of amides is 1. The summed E-state index contributed by atoms with van der Waals surface area (Å²) < 4.78 is 5.06. The first-order chi connectivity index (χ1) is 9.60. The molecule has 4 heteroatoms. The van der Waals surface area contributed by atoms with Crippen LogP contribution in [0.25, 0.3) is 0 Å². The number of phenols is 1. The van der Waals surface area contributed by atoms with E-state index in [0.29, 0.717) is 11.3 Å². The Kier molecular flexibility index (Phi) is 4.25. The molecule has 0 aromatic heterocycles. The first-order valence-electron chi connectivity index (χ1n) is 6.34. The molecule has 2 aromatic rings. The third kappa shape index (κ3) is 3.29. The minimum absolute atomic E-state index is 0.134. The van der Waals surface area contributed by atoms with Crippen LogP contribution in [0.2, 0.25) is 0 Å². The lowest BCUT2D eigenvalue weighted by Crippen LogP contribution is -2.26. The fraction of sp³-hybridized carbons (Fsp3) is 0.188. The van der Waals surface area contributed by atoms with Crippen LogP contribution >= 0.6 is 0 Å². The molecule has 0 aliphatic rings. The zero-order chi connectivity index (χ0) is 14.5. The van der Waals surface area contributed by atoms with Gasteiger partial charge in [-0.15, -0.1) is 0 Å². The van der Waals surface area contributed by atoms with Crippen LogP contribution in [0.15, 0.2) is 48.5 Å². The molecule has 0 heterocycles. The van der Waals surface area contributed by atoms with Crippen molar-refractivity contribution in [3.05, 3.63) is 59.7 Å². The van der Waals surface area contributed by atoms with Gasteiger partial charge in [0.25, 0.3) is 5.91 Å². The maximum absolute atomic E-state index is 12.1. The molecular weight excluding hydrogens is 254 g/mol. The van der Waals surface area contributed by atoms with E-state index in [1.54, 1.807) is 55.6 Å². The highest BCUT2D eigenvalue weighted by molar-refractivity contribution is 5.94. The van der Waals surface area contributed by atoms with Crippen molar-refractivity contribution in [3.63, 3.8) is 0 Å². The second-order valence-electron chi connectivity index (χ2n) is 4.52. The second-order valence-corrected chi connectivity index (χ2v) is 4.52. The predicted octanol–water partition coefficient (Wildman–Crippen LogP) is 2.89. The number of rotatable bonds is 4. The van der Waals surface area contributed by atoms with E-state index in [0.717, 1.165) is 5.56 Å². The average Bonchev–Trinajstić information content (AvgIpc) is 2.48. The molecule has 4 nitrogen and oxygen atoms in total. The highest BCUT2D eigenvalue weighted by Crippen LogP contribution is 2.17. The van der Waals surface area contributed by atoms with E-state index in [4.69, 9.17) is 4.74 Å². The van der Waals surface area contributed by atoms with E-state index in [1.165, 1.54) is 0 Å². The first kappa shape index (κ1) is 13.9. The minimum Gasteiger partial charge on any atom is -0.508 e. The summed E-state index contributed by atoms with van der Waals surface area (Å²) in [7, 11) is 1.59. The molecule has 1 amide bonds. The van der Waals surface area contributed by atoms with E-state index in [2.05, 4.69) is 5.32 Å². The molecule has 0 bridgehead atoms. The molecule has 2 aromatic carbocycles. The van der Waals surface area contributed by atoms with Gasteiger partial charge in [-0.1, -0.05) is 12.1 Å². The molecule has 0 fully saturated rings. The van der Waals surface area contributed by atoms with Gasteiger partial charge >= 0.3 is 0 Å². The number of nitrogens with one attached hydrogen (secondary N) is 1. The number of phenolic OH excluding ortho intramolecular Hbond substituents is 1. The fourth-order valence-electron chi connectivity index (χ4n) is 1.87. The van der Waals surface area contributed by atoms with Crippen molar-refractivity contribution in [3.8, 4) is 11.5 Å². The van der Waals surface area contributed by atoms with Crippen LogP contribution in [-0.2, 0) is 0 Å². The highest BCUT2D eigenvalue weighted by Gasteiger charge is 2.11. The van der Waals surface area contributed by atoms with E-state index in [9.17, 15) is 9.90 Å². The summed E-state index contributed by atoms with van der Waals surface area (Å²) in [5.74, 6) is 0.781. The number of benzene rings is 2. The number of hydrogen-bond acceptors (Lipinski definition) is 3. The molecule has 104 valence electrons. The lowest BCUT2D eigenvalue weighted by Gasteiger charge is -2.14. The quantitative estimate of drug-likeness (QED) is 0.899. The third-order valence-corrected chi connectivity index (χ3v) is 3.09. The lowest BCUT2D eigenvalue weighted by molar-refractivity contribution is 0.0940. The monoisotopic (exact) mass is 271 g/mol. The number of methoxy groups -OCH3 is 1. The van der Waals surface area contributed by atoms with Crippen molar-refractivity contribution in [1.29, 1.82) is 0 Å². The van der Waals surface area contributed by atoms with Gasteiger partial charge in [-0.2, -0.15) is 0 Å². The maximum atomic E-state index is 12.1. The minimum atomic E-state index is -0.145. The van der Waals surface area contributed by atoms with Crippen LogP contribution in [0.5, 0.6) is 11.5 Å². The van der Waals surface area contributed by atoms with E-state index < -0.39 is 0 Å². The summed E-state index contributed by atoms with van der Waals surface area (Å²) >= 11 is 0. The Morgan fingerprint density at radius 1 is 1.10 bits per heavy atom. The molecule has 0 saturated carbocycles. The van der Waals surface area contributed by atoms with Crippen molar-refractivity contribution < 1.29 is 14.6 Å². The van der Waals surface area contributed by atoms with E-state index in [-0.39, 0.29) is 17.7 Å². The SMILES string of the molecule is COc1ccc(C(=O)N[C@H](C)c2ccc(O)cc2)cc1. The lowest BCUT2D eigenvalue weighted by atomic mass is 10.1. The Labute approximate surface area is 118 Å². The summed E-state index contributed by atoms with van der Waals surface area (Å²) in [5.41, 5.74) is 1.51. The maximum Gasteiger partial charge on any atom is 0.251 e. The first-order valence-corrected chi connectivity index (χ1v) is 6.34. The third-order valence-electron chi connectivity index (χ3n) is 3.09. The molecule has 20 heavy (non-hydrogen) atoms. The molecule has 0 unspecified atom stereocenters. The van der Waals surface area contributed by atoms with Gasteiger partial charge < -0.3 is 15.2 Å². The smallest absolute Gasteiger partial charge is 0.251 e. The highest BCUT2D eigenvalue weighted by atomic mass is 16.5. The predicted molar refractivity (Wildman–Crippen MR) is 77.0 cm³/mol. The average molecular weight is 271 g/mol. The molecule has 0 spiro atoms. The molecule has 2 rings (SSSR count). The standard InChI is InChI=1S/C16H17NO3/c1-11(12-3-7-14(18)8-4-12)17-16(19)13-5-9-15(20-2)10-6-13/h3-11,18H,1-2H3,(H,17,19)/t11-/m1/s1. The van der Waals surface area contributed by atoms with E-state index >= 15 is 0 Å².